The third-order valence-corrected chi connectivity index (χ3v) is 4.19. The first-order valence-electron chi connectivity index (χ1n) is 7.40. The number of hydrogen-bond donors (Lipinski definition) is 2. The summed E-state index contributed by atoms with van der Waals surface area (Å²) in [5.41, 5.74) is -0.774. The molecule has 0 radical (unpaired) electrons. The molecule has 1 aliphatic heterocycles. The zero-order valence-corrected chi connectivity index (χ0v) is 14.5. The lowest BCUT2D eigenvalue weighted by atomic mass is 9.81. The van der Waals surface area contributed by atoms with Gasteiger partial charge in [-0.05, 0) is 24.5 Å². The SMILES string of the molecule is CC(C)CC(O)(Cc1c(F)cccc1Cl)C1CNCCO1.Cl. The molecule has 1 aliphatic rings. The van der Waals surface area contributed by atoms with Gasteiger partial charge in [0.2, 0.25) is 0 Å². The second-order valence-corrected chi connectivity index (χ2v) is 6.55. The number of aliphatic hydroxyl groups is 1. The molecule has 6 heteroatoms. The molecule has 0 bridgehead atoms. The summed E-state index contributed by atoms with van der Waals surface area (Å²) >= 11 is 6.10. The number of halogens is 3. The van der Waals surface area contributed by atoms with Crippen LogP contribution in [0.3, 0.4) is 0 Å². The molecule has 126 valence electrons. The van der Waals surface area contributed by atoms with E-state index in [1.807, 2.05) is 13.8 Å². The van der Waals surface area contributed by atoms with Gasteiger partial charge in [0.1, 0.15) is 5.82 Å². The number of benzene rings is 1. The van der Waals surface area contributed by atoms with Gasteiger partial charge in [0.25, 0.3) is 0 Å². The molecule has 2 N–H and O–H groups in total. The van der Waals surface area contributed by atoms with E-state index in [0.29, 0.717) is 30.2 Å². The molecule has 2 unspecified atom stereocenters. The molecular formula is C16H24Cl2FNO2. The van der Waals surface area contributed by atoms with Gasteiger partial charge in [-0.25, -0.2) is 4.39 Å². The number of morpholine rings is 1. The highest BCUT2D eigenvalue weighted by molar-refractivity contribution is 6.31. The fraction of sp³-hybridized carbons (Fsp3) is 0.625. The van der Waals surface area contributed by atoms with Crippen molar-refractivity contribution in [1.29, 1.82) is 0 Å². The average molecular weight is 352 g/mol. The Labute approximate surface area is 142 Å². The van der Waals surface area contributed by atoms with Crippen molar-refractivity contribution in [3.05, 3.63) is 34.6 Å². The molecule has 0 aliphatic carbocycles. The van der Waals surface area contributed by atoms with E-state index in [4.69, 9.17) is 16.3 Å². The van der Waals surface area contributed by atoms with Crippen molar-refractivity contribution in [2.24, 2.45) is 5.92 Å². The number of ether oxygens (including phenoxy) is 1. The zero-order chi connectivity index (χ0) is 15.5. The molecular weight excluding hydrogens is 328 g/mol. The Morgan fingerprint density at radius 2 is 2.23 bits per heavy atom. The van der Waals surface area contributed by atoms with Crippen molar-refractivity contribution in [3.63, 3.8) is 0 Å². The van der Waals surface area contributed by atoms with Crippen molar-refractivity contribution >= 4 is 24.0 Å². The van der Waals surface area contributed by atoms with E-state index in [2.05, 4.69) is 5.32 Å². The first-order chi connectivity index (χ1) is 9.92. The van der Waals surface area contributed by atoms with Gasteiger partial charge in [0.05, 0.1) is 18.3 Å². The topological polar surface area (TPSA) is 41.5 Å². The summed E-state index contributed by atoms with van der Waals surface area (Å²) in [5.74, 6) is -0.112. The molecule has 1 aromatic rings. The maximum absolute atomic E-state index is 14.0. The Balaban J connectivity index is 0.00000242. The molecule has 3 nitrogen and oxygen atoms in total. The van der Waals surface area contributed by atoms with Crippen molar-refractivity contribution in [3.8, 4) is 0 Å². The molecule has 0 amide bonds. The van der Waals surface area contributed by atoms with Crippen LogP contribution in [-0.4, -0.2) is 36.5 Å². The normalized spacial score (nSPS) is 21.3. The van der Waals surface area contributed by atoms with Crippen LogP contribution in [0.2, 0.25) is 5.02 Å². The molecule has 22 heavy (non-hydrogen) atoms. The third-order valence-electron chi connectivity index (χ3n) is 3.83. The van der Waals surface area contributed by atoms with Gasteiger partial charge in [-0.2, -0.15) is 0 Å². The summed E-state index contributed by atoms with van der Waals surface area (Å²) in [4.78, 5) is 0. The van der Waals surface area contributed by atoms with Gasteiger partial charge >= 0.3 is 0 Å². The van der Waals surface area contributed by atoms with Crippen LogP contribution in [-0.2, 0) is 11.2 Å². The molecule has 1 aromatic carbocycles. The largest absolute Gasteiger partial charge is 0.387 e. The van der Waals surface area contributed by atoms with Crippen LogP contribution in [0.4, 0.5) is 4.39 Å². The molecule has 1 fully saturated rings. The molecule has 0 aromatic heterocycles. The Morgan fingerprint density at radius 1 is 1.50 bits per heavy atom. The maximum Gasteiger partial charge on any atom is 0.127 e. The van der Waals surface area contributed by atoms with Gasteiger partial charge < -0.3 is 15.2 Å². The molecule has 1 heterocycles. The van der Waals surface area contributed by atoms with E-state index in [-0.39, 0.29) is 36.7 Å². The van der Waals surface area contributed by atoms with E-state index >= 15 is 0 Å². The average Bonchev–Trinajstić information content (AvgIpc) is 2.43. The molecule has 2 rings (SSSR count). The monoisotopic (exact) mass is 351 g/mol. The van der Waals surface area contributed by atoms with E-state index in [0.717, 1.165) is 6.54 Å². The Morgan fingerprint density at radius 3 is 2.77 bits per heavy atom. The maximum atomic E-state index is 14.0. The summed E-state index contributed by atoms with van der Waals surface area (Å²) < 4.78 is 19.8. The van der Waals surface area contributed by atoms with E-state index in [1.165, 1.54) is 6.07 Å². The van der Waals surface area contributed by atoms with Crippen LogP contribution < -0.4 is 5.32 Å². The highest BCUT2D eigenvalue weighted by Crippen LogP contribution is 2.31. The Hall–Kier alpha value is -0.390. The minimum atomic E-state index is -1.13. The van der Waals surface area contributed by atoms with Crippen LogP contribution in [0.15, 0.2) is 18.2 Å². The van der Waals surface area contributed by atoms with Gasteiger partial charge in [0.15, 0.2) is 0 Å². The summed E-state index contributed by atoms with van der Waals surface area (Å²) in [6.07, 6.45) is 0.330. The predicted octanol–water partition coefficient (Wildman–Crippen LogP) is 3.21. The van der Waals surface area contributed by atoms with Crippen LogP contribution in [0.5, 0.6) is 0 Å². The molecule has 2 atom stereocenters. The second-order valence-electron chi connectivity index (χ2n) is 6.14. The van der Waals surface area contributed by atoms with Gasteiger partial charge in [-0.1, -0.05) is 31.5 Å². The summed E-state index contributed by atoms with van der Waals surface area (Å²) in [7, 11) is 0. The fourth-order valence-electron chi connectivity index (χ4n) is 2.94. The van der Waals surface area contributed by atoms with Crippen LogP contribution >= 0.6 is 24.0 Å². The number of nitrogens with one attached hydrogen (secondary N) is 1. The lowest BCUT2D eigenvalue weighted by molar-refractivity contribution is -0.127. The van der Waals surface area contributed by atoms with Crippen molar-refractivity contribution in [2.75, 3.05) is 19.7 Å². The Bertz CT molecular complexity index is 461. The smallest absolute Gasteiger partial charge is 0.127 e. The standard InChI is InChI=1S/C16H23ClFNO2.ClH/c1-11(2)8-16(20,15-10-19-6-7-21-15)9-12-13(17)4-3-5-14(12)18;/h3-5,11,15,19-20H,6-10H2,1-2H3;1H. The number of rotatable bonds is 5. The van der Waals surface area contributed by atoms with Crippen LogP contribution in [0.1, 0.15) is 25.8 Å². The van der Waals surface area contributed by atoms with E-state index in [9.17, 15) is 9.50 Å². The van der Waals surface area contributed by atoms with E-state index < -0.39 is 5.60 Å². The van der Waals surface area contributed by atoms with Gasteiger partial charge in [0, 0.05) is 30.1 Å². The predicted molar refractivity (Wildman–Crippen MR) is 89.4 cm³/mol. The summed E-state index contributed by atoms with van der Waals surface area (Å²) in [6, 6.07) is 4.59. The van der Waals surface area contributed by atoms with Crippen molar-refractivity contribution < 1.29 is 14.2 Å². The summed E-state index contributed by atoms with van der Waals surface area (Å²) in [6.45, 7) is 5.95. The molecule has 0 spiro atoms. The minimum absolute atomic E-state index is 0. The van der Waals surface area contributed by atoms with Crippen molar-refractivity contribution in [2.45, 2.75) is 38.4 Å². The zero-order valence-electron chi connectivity index (χ0n) is 12.9. The fourth-order valence-corrected chi connectivity index (χ4v) is 3.17. The Kier molecular flexibility index (Phi) is 7.56. The first kappa shape index (κ1) is 19.7. The second kappa shape index (κ2) is 8.46. The van der Waals surface area contributed by atoms with Gasteiger partial charge in [-0.15, -0.1) is 12.4 Å². The molecule has 1 saturated heterocycles. The number of hydrogen-bond acceptors (Lipinski definition) is 3. The van der Waals surface area contributed by atoms with Crippen LogP contribution in [0, 0.1) is 11.7 Å². The highest BCUT2D eigenvalue weighted by atomic mass is 35.5. The van der Waals surface area contributed by atoms with Crippen molar-refractivity contribution in [1.82, 2.24) is 5.32 Å². The minimum Gasteiger partial charge on any atom is -0.387 e. The van der Waals surface area contributed by atoms with E-state index in [1.54, 1.807) is 12.1 Å². The quantitative estimate of drug-likeness (QED) is 0.855. The summed E-state index contributed by atoms with van der Waals surface area (Å²) in [5, 5.41) is 14.7. The first-order valence-corrected chi connectivity index (χ1v) is 7.78. The van der Waals surface area contributed by atoms with Gasteiger partial charge in [-0.3, -0.25) is 0 Å². The van der Waals surface area contributed by atoms with Crippen LogP contribution in [0.25, 0.3) is 0 Å². The lowest BCUT2D eigenvalue weighted by Gasteiger charge is -2.40. The molecule has 0 saturated carbocycles. The third kappa shape index (κ3) is 4.80. The lowest BCUT2D eigenvalue weighted by Crippen LogP contribution is -2.55. The highest BCUT2D eigenvalue weighted by Gasteiger charge is 2.40.